The molecule has 9 heteroatoms. The maximum atomic E-state index is 13.2. The zero-order valence-corrected chi connectivity index (χ0v) is 24.1. The van der Waals surface area contributed by atoms with E-state index in [-0.39, 0.29) is 11.1 Å². The predicted octanol–water partition coefficient (Wildman–Crippen LogP) is 5.90. The van der Waals surface area contributed by atoms with E-state index in [4.69, 9.17) is 28.1 Å². The maximum absolute atomic E-state index is 13.2. The van der Waals surface area contributed by atoms with E-state index in [9.17, 15) is 14.4 Å². The van der Waals surface area contributed by atoms with Crippen molar-refractivity contribution in [2.75, 3.05) is 14.2 Å². The van der Waals surface area contributed by atoms with Crippen LogP contribution in [0, 0.1) is 0 Å². The van der Waals surface area contributed by atoms with Crippen molar-refractivity contribution < 1.29 is 37.7 Å². The highest BCUT2D eigenvalue weighted by Crippen LogP contribution is 2.46. The van der Waals surface area contributed by atoms with E-state index < -0.39 is 35.4 Å². The highest BCUT2D eigenvalue weighted by atomic mass is 16.6. The molecule has 9 nitrogen and oxygen atoms in total. The Morgan fingerprint density at radius 1 is 0.744 bits per heavy atom. The Morgan fingerprint density at radius 3 is 1.84 bits per heavy atom. The average Bonchev–Trinajstić information content (AvgIpc) is 3.00. The van der Waals surface area contributed by atoms with Crippen LogP contribution in [-0.2, 0) is 19.1 Å². The van der Waals surface area contributed by atoms with E-state index in [0.29, 0.717) is 22.6 Å². The van der Waals surface area contributed by atoms with E-state index in [1.54, 1.807) is 107 Å². The summed E-state index contributed by atoms with van der Waals surface area (Å²) < 4.78 is 34.0. The summed E-state index contributed by atoms with van der Waals surface area (Å²) in [5.74, 6) is 0.320. The molecule has 3 aromatic carbocycles. The molecule has 0 fully saturated rings. The first-order valence-electron chi connectivity index (χ1n) is 13.5. The minimum Gasteiger partial charge on any atom is -0.497 e. The van der Waals surface area contributed by atoms with Gasteiger partial charge in [-0.1, -0.05) is 24.3 Å². The topological polar surface area (TPSA) is 111 Å². The van der Waals surface area contributed by atoms with Crippen LogP contribution in [0.15, 0.2) is 94.2 Å². The minimum atomic E-state index is -1.17. The Kier molecular flexibility index (Phi) is 8.34. The molecule has 1 aliphatic heterocycles. The summed E-state index contributed by atoms with van der Waals surface area (Å²) in [6.07, 6.45) is 3.46. The molecule has 0 aliphatic carbocycles. The van der Waals surface area contributed by atoms with Gasteiger partial charge in [-0.15, -0.1) is 0 Å². The number of hydrogen-bond donors (Lipinski definition) is 0. The third-order valence-corrected chi connectivity index (χ3v) is 6.95. The molecule has 0 radical (unpaired) electrons. The summed E-state index contributed by atoms with van der Waals surface area (Å²) in [4.78, 5) is 38.5. The van der Waals surface area contributed by atoms with Crippen molar-refractivity contribution in [3.63, 3.8) is 0 Å². The minimum absolute atomic E-state index is 0.173. The normalized spacial score (nSPS) is 17.3. The Labute approximate surface area is 247 Å². The lowest BCUT2D eigenvalue weighted by Gasteiger charge is -2.43. The van der Waals surface area contributed by atoms with Crippen molar-refractivity contribution in [2.45, 2.75) is 31.7 Å². The molecule has 0 saturated heterocycles. The van der Waals surface area contributed by atoms with Gasteiger partial charge in [0.05, 0.1) is 19.8 Å². The number of esters is 2. The molecule has 4 aromatic rings. The summed E-state index contributed by atoms with van der Waals surface area (Å²) in [5, 5.41) is 0.584. The Hall–Kier alpha value is -5.31. The fourth-order valence-corrected chi connectivity index (χ4v) is 4.76. The van der Waals surface area contributed by atoms with Gasteiger partial charge in [0.2, 0.25) is 0 Å². The van der Waals surface area contributed by atoms with Gasteiger partial charge in [-0.3, -0.25) is 0 Å². The molecule has 1 aliphatic rings. The molecule has 2 heterocycles. The third kappa shape index (κ3) is 6.62. The number of ether oxygens (including phenoxy) is 5. The highest BCUT2D eigenvalue weighted by molar-refractivity contribution is 5.89. The number of hydrogen-bond acceptors (Lipinski definition) is 9. The first-order chi connectivity index (χ1) is 20.7. The third-order valence-electron chi connectivity index (χ3n) is 6.95. The second-order valence-electron chi connectivity index (χ2n) is 10.3. The van der Waals surface area contributed by atoms with Gasteiger partial charge in [0.1, 0.15) is 28.4 Å². The zero-order valence-electron chi connectivity index (χ0n) is 24.1. The summed E-state index contributed by atoms with van der Waals surface area (Å²) in [6, 6.07) is 20.6. The number of fused-ring (bicyclic) bond motifs is 3. The Bertz CT molecular complexity index is 1750. The number of rotatable bonds is 8. The molecule has 0 spiro atoms. The molecule has 2 unspecified atom stereocenters. The molecule has 1 aromatic heterocycles. The second kappa shape index (κ2) is 12.3. The number of methoxy groups -OCH3 is 2. The van der Waals surface area contributed by atoms with Crippen LogP contribution in [0.5, 0.6) is 17.2 Å². The van der Waals surface area contributed by atoms with Gasteiger partial charge in [0.25, 0.3) is 0 Å². The van der Waals surface area contributed by atoms with E-state index in [0.717, 1.165) is 11.1 Å². The lowest BCUT2D eigenvalue weighted by Crippen LogP contribution is -2.52. The molecule has 5 rings (SSSR count). The molecule has 220 valence electrons. The van der Waals surface area contributed by atoms with Crippen LogP contribution in [0.4, 0.5) is 0 Å². The second-order valence-corrected chi connectivity index (χ2v) is 10.3. The fraction of sp³-hybridized carbons (Fsp3) is 0.206. The lowest BCUT2D eigenvalue weighted by atomic mass is 9.87. The van der Waals surface area contributed by atoms with Crippen molar-refractivity contribution >= 4 is 35.1 Å². The maximum Gasteiger partial charge on any atom is 0.336 e. The van der Waals surface area contributed by atoms with E-state index in [2.05, 4.69) is 0 Å². The van der Waals surface area contributed by atoms with Gasteiger partial charge in [0, 0.05) is 23.6 Å². The SMILES string of the molecule is COc1ccc(/C=C/C(=O)OC2c3c(ccc4ccc(=O)oc34)OC(C)(C)C2OC(=O)/C=C/c2ccc(OC)cc2)cc1. The standard InChI is InChI=1S/C34H30O9/c1-34(2)33(42-29(37)19-10-22-7-15-25(39-4)16-8-22)32(41-27(35)18-9-21-5-13-24(38-3)14-6-21)30-26(43-34)17-11-23-12-20-28(36)40-31(23)30/h5-20,32-33H,1-4H3/b18-9+,19-10+. The molecule has 0 bridgehead atoms. The number of benzene rings is 3. The van der Waals surface area contributed by atoms with Crippen molar-refractivity contribution in [1.29, 1.82) is 0 Å². The van der Waals surface area contributed by atoms with Gasteiger partial charge < -0.3 is 28.1 Å². The average molecular weight is 583 g/mol. The first kappa shape index (κ1) is 29.2. The predicted molar refractivity (Wildman–Crippen MR) is 160 cm³/mol. The molecule has 0 amide bonds. The smallest absolute Gasteiger partial charge is 0.336 e. The Balaban J connectivity index is 1.48. The van der Waals surface area contributed by atoms with E-state index in [1.165, 1.54) is 18.2 Å². The highest BCUT2D eigenvalue weighted by Gasteiger charge is 2.49. The molecular weight excluding hydrogens is 552 g/mol. The van der Waals surface area contributed by atoms with Crippen LogP contribution in [0.2, 0.25) is 0 Å². The van der Waals surface area contributed by atoms with Gasteiger partial charge in [-0.05, 0) is 79.6 Å². The fourth-order valence-electron chi connectivity index (χ4n) is 4.76. The van der Waals surface area contributed by atoms with E-state index >= 15 is 0 Å². The van der Waals surface area contributed by atoms with Crippen molar-refractivity contribution in [3.05, 3.63) is 112 Å². The van der Waals surface area contributed by atoms with Crippen molar-refractivity contribution in [2.24, 2.45) is 0 Å². The van der Waals surface area contributed by atoms with Crippen molar-refractivity contribution in [1.82, 2.24) is 0 Å². The number of carbonyl (C=O) groups excluding carboxylic acids is 2. The van der Waals surface area contributed by atoms with Crippen LogP contribution in [0.3, 0.4) is 0 Å². The molecule has 0 N–H and O–H groups in total. The van der Waals surface area contributed by atoms with Crippen LogP contribution in [0.25, 0.3) is 23.1 Å². The van der Waals surface area contributed by atoms with Crippen LogP contribution >= 0.6 is 0 Å². The van der Waals surface area contributed by atoms with Crippen molar-refractivity contribution in [3.8, 4) is 17.2 Å². The monoisotopic (exact) mass is 582 g/mol. The molecule has 0 saturated carbocycles. The van der Waals surface area contributed by atoms with Crippen LogP contribution in [0.1, 0.15) is 36.6 Å². The summed E-state index contributed by atoms with van der Waals surface area (Å²) >= 11 is 0. The summed E-state index contributed by atoms with van der Waals surface area (Å²) in [7, 11) is 3.14. The van der Waals surface area contributed by atoms with Gasteiger partial charge in [-0.2, -0.15) is 0 Å². The summed E-state index contributed by atoms with van der Waals surface area (Å²) in [5.41, 5.74) is 0.232. The quantitative estimate of drug-likeness (QED) is 0.142. The Morgan fingerprint density at radius 2 is 1.28 bits per heavy atom. The molecule has 43 heavy (non-hydrogen) atoms. The van der Waals surface area contributed by atoms with Gasteiger partial charge in [-0.25, -0.2) is 14.4 Å². The van der Waals surface area contributed by atoms with Gasteiger partial charge >= 0.3 is 17.6 Å². The molecular formula is C34H30O9. The van der Waals surface area contributed by atoms with E-state index in [1.807, 2.05) is 0 Å². The number of carbonyl (C=O) groups is 2. The zero-order chi connectivity index (χ0) is 30.6. The van der Waals surface area contributed by atoms with Crippen LogP contribution in [-0.4, -0.2) is 37.9 Å². The molecule has 2 atom stereocenters. The summed E-state index contributed by atoms with van der Waals surface area (Å²) in [6.45, 7) is 3.45. The van der Waals surface area contributed by atoms with Crippen LogP contribution < -0.4 is 19.8 Å². The largest absolute Gasteiger partial charge is 0.497 e. The first-order valence-corrected chi connectivity index (χ1v) is 13.5. The lowest BCUT2D eigenvalue weighted by molar-refractivity contribution is -0.184. The van der Waals surface area contributed by atoms with Gasteiger partial charge in [0.15, 0.2) is 12.2 Å².